The van der Waals surface area contributed by atoms with Gasteiger partial charge in [0.1, 0.15) is 5.76 Å². The van der Waals surface area contributed by atoms with Crippen LogP contribution in [0.15, 0.2) is 57.7 Å². The minimum Gasteiger partial charge on any atom is -0.490 e. The molecule has 0 aliphatic heterocycles. The lowest BCUT2D eigenvalue weighted by Crippen LogP contribution is -2.24. The van der Waals surface area contributed by atoms with Crippen molar-refractivity contribution in [3.63, 3.8) is 0 Å². The van der Waals surface area contributed by atoms with Gasteiger partial charge in [-0.15, -0.1) is 0 Å². The molecule has 0 radical (unpaired) electrons. The first-order valence-corrected chi connectivity index (χ1v) is 7.67. The van der Waals surface area contributed by atoms with E-state index >= 15 is 0 Å². The first-order chi connectivity index (χ1) is 12.1. The molecule has 1 heterocycles. The van der Waals surface area contributed by atoms with Crippen molar-refractivity contribution in [2.24, 2.45) is 0 Å². The molecule has 1 aromatic heterocycles. The Bertz CT molecular complexity index is 963. The van der Waals surface area contributed by atoms with Crippen LogP contribution in [0.2, 0.25) is 0 Å². The van der Waals surface area contributed by atoms with Gasteiger partial charge in [-0.25, -0.2) is 0 Å². The average molecular weight is 339 g/mol. The van der Waals surface area contributed by atoms with E-state index in [0.717, 1.165) is 5.56 Å². The van der Waals surface area contributed by atoms with Crippen LogP contribution in [0.1, 0.15) is 0 Å². The maximum atomic E-state index is 12.4. The third-order valence-corrected chi connectivity index (χ3v) is 3.72. The third-order valence-electron chi connectivity index (χ3n) is 3.72. The SMILES string of the molecule is CNC(=O)COc1ccc2c(=O)cc(-c3ccccc3)oc2c1OC. The van der Waals surface area contributed by atoms with E-state index in [4.69, 9.17) is 13.9 Å². The highest BCUT2D eigenvalue weighted by Crippen LogP contribution is 2.36. The van der Waals surface area contributed by atoms with E-state index < -0.39 is 0 Å². The summed E-state index contributed by atoms with van der Waals surface area (Å²) in [6.45, 7) is -0.166. The molecule has 1 N–H and O–H groups in total. The molecule has 1 amide bonds. The van der Waals surface area contributed by atoms with Gasteiger partial charge in [0.05, 0.1) is 12.5 Å². The Balaban J connectivity index is 2.13. The molecule has 6 heteroatoms. The lowest BCUT2D eigenvalue weighted by Gasteiger charge is -2.12. The van der Waals surface area contributed by atoms with Gasteiger partial charge >= 0.3 is 0 Å². The van der Waals surface area contributed by atoms with E-state index in [1.165, 1.54) is 20.2 Å². The molecule has 0 unspecified atom stereocenters. The van der Waals surface area contributed by atoms with Gasteiger partial charge in [0, 0.05) is 18.7 Å². The van der Waals surface area contributed by atoms with Crippen LogP contribution in [-0.4, -0.2) is 26.7 Å². The molecule has 0 saturated carbocycles. The second-order valence-corrected chi connectivity index (χ2v) is 5.28. The van der Waals surface area contributed by atoms with Crippen molar-refractivity contribution in [1.29, 1.82) is 0 Å². The first kappa shape index (κ1) is 16.6. The van der Waals surface area contributed by atoms with Crippen molar-refractivity contribution in [3.05, 3.63) is 58.8 Å². The van der Waals surface area contributed by atoms with Gasteiger partial charge in [-0.2, -0.15) is 0 Å². The van der Waals surface area contributed by atoms with Gasteiger partial charge in [-0.05, 0) is 12.1 Å². The van der Waals surface area contributed by atoms with Crippen LogP contribution >= 0.6 is 0 Å². The number of rotatable bonds is 5. The molecule has 0 atom stereocenters. The van der Waals surface area contributed by atoms with Crippen LogP contribution < -0.4 is 20.2 Å². The lowest BCUT2D eigenvalue weighted by atomic mass is 10.1. The molecule has 128 valence electrons. The molecule has 0 aliphatic rings. The molecule has 3 aromatic rings. The van der Waals surface area contributed by atoms with Crippen molar-refractivity contribution < 1.29 is 18.7 Å². The van der Waals surface area contributed by atoms with Crippen molar-refractivity contribution in [1.82, 2.24) is 5.32 Å². The standard InChI is InChI=1S/C19H17NO5/c1-20-17(22)11-24-15-9-8-13-14(21)10-16(12-6-4-3-5-7-12)25-18(13)19(15)23-2/h3-10H,11H2,1-2H3,(H,20,22). The molecule has 0 spiro atoms. The number of methoxy groups -OCH3 is 1. The van der Waals surface area contributed by atoms with Gasteiger partial charge in [0.15, 0.2) is 23.4 Å². The number of hydrogen-bond donors (Lipinski definition) is 1. The first-order valence-electron chi connectivity index (χ1n) is 7.67. The molecular formula is C19H17NO5. The molecule has 6 nitrogen and oxygen atoms in total. The van der Waals surface area contributed by atoms with E-state index in [-0.39, 0.29) is 29.3 Å². The number of amides is 1. The van der Waals surface area contributed by atoms with Crippen molar-refractivity contribution in [2.75, 3.05) is 20.8 Å². The smallest absolute Gasteiger partial charge is 0.257 e. The number of carbonyl (C=O) groups is 1. The summed E-state index contributed by atoms with van der Waals surface area (Å²) >= 11 is 0. The van der Waals surface area contributed by atoms with Crippen LogP contribution in [-0.2, 0) is 4.79 Å². The zero-order valence-electron chi connectivity index (χ0n) is 13.9. The number of carbonyl (C=O) groups excluding carboxylic acids is 1. The Kier molecular flexibility index (Phi) is 4.70. The van der Waals surface area contributed by atoms with Crippen LogP contribution in [0.3, 0.4) is 0 Å². The lowest BCUT2D eigenvalue weighted by molar-refractivity contribution is -0.122. The summed E-state index contributed by atoms with van der Waals surface area (Å²) in [4.78, 5) is 23.8. The zero-order chi connectivity index (χ0) is 17.8. The van der Waals surface area contributed by atoms with Crippen molar-refractivity contribution >= 4 is 16.9 Å². The molecule has 3 rings (SSSR count). The summed E-state index contributed by atoms with van der Waals surface area (Å²) in [5.41, 5.74) is 0.875. The summed E-state index contributed by atoms with van der Waals surface area (Å²) < 4.78 is 16.8. The van der Waals surface area contributed by atoms with E-state index in [2.05, 4.69) is 5.32 Å². The minimum absolute atomic E-state index is 0.166. The number of likely N-dealkylation sites (N-methyl/N-ethyl adjacent to an activating group) is 1. The molecule has 0 fully saturated rings. The Morgan fingerprint density at radius 3 is 2.60 bits per heavy atom. The number of fused-ring (bicyclic) bond motifs is 1. The highest BCUT2D eigenvalue weighted by molar-refractivity contribution is 5.87. The number of hydrogen-bond acceptors (Lipinski definition) is 5. The predicted octanol–water partition coefficient (Wildman–Crippen LogP) is 2.59. The number of nitrogens with one attached hydrogen (secondary N) is 1. The highest BCUT2D eigenvalue weighted by Gasteiger charge is 2.16. The van der Waals surface area contributed by atoms with Gasteiger partial charge < -0.3 is 19.2 Å². The number of benzene rings is 2. The Hall–Kier alpha value is -3.28. The fraction of sp³-hybridized carbons (Fsp3) is 0.158. The van der Waals surface area contributed by atoms with Crippen LogP contribution in [0, 0.1) is 0 Å². The van der Waals surface area contributed by atoms with Gasteiger partial charge in [-0.3, -0.25) is 9.59 Å². The topological polar surface area (TPSA) is 77.8 Å². The third kappa shape index (κ3) is 3.33. The second-order valence-electron chi connectivity index (χ2n) is 5.28. The van der Waals surface area contributed by atoms with Crippen molar-refractivity contribution in [3.8, 4) is 22.8 Å². The van der Waals surface area contributed by atoms with E-state index in [1.807, 2.05) is 30.3 Å². The number of ether oxygens (including phenoxy) is 2. The largest absolute Gasteiger partial charge is 0.490 e. The molecule has 2 aromatic carbocycles. The maximum Gasteiger partial charge on any atom is 0.257 e. The molecule has 0 aliphatic carbocycles. The Morgan fingerprint density at radius 1 is 1.16 bits per heavy atom. The van der Waals surface area contributed by atoms with Gasteiger partial charge in [-0.1, -0.05) is 30.3 Å². The van der Waals surface area contributed by atoms with Crippen LogP contribution in [0.25, 0.3) is 22.3 Å². The normalized spacial score (nSPS) is 10.5. The maximum absolute atomic E-state index is 12.4. The van der Waals surface area contributed by atoms with Gasteiger partial charge in [0.25, 0.3) is 5.91 Å². The van der Waals surface area contributed by atoms with E-state index in [9.17, 15) is 9.59 Å². The van der Waals surface area contributed by atoms with E-state index in [0.29, 0.717) is 16.9 Å². The van der Waals surface area contributed by atoms with E-state index in [1.54, 1.807) is 12.1 Å². The zero-order valence-corrected chi connectivity index (χ0v) is 13.9. The van der Waals surface area contributed by atoms with Gasteiger partial charge in [0.2, 0.25) is 5.75 Å². The van der Waals surface area contributed by atoms with Crippen molar-refractivity contribution in [2.45, 2.75) is 0 Å². The summed E-state index contributed by atoms with van der Waals surface area (Å²) in [7, 11) is 2.98. The van der Waals surface area contributed by atoms with Crippen LogP contribution in [0.4, 0.5) is 0 Å². The minimum atomic E-state index is -0.276. The summed E-state index contributed by atoms with van der Waals surface area (Å²) in [5, 5.41) is 2.85. The Labute approximate surface area is 144 Å². The summed E-state index contributed by atoms with van der Waals surface area (Å²) in [6.07, 6.45) is 0. The Morgan fingerprint density at radius 2 is 1.92 bits per heavy atom. The fourth-order valence-electron chi connectivity index (χ4n) is 2.44. The molecular weight excluding hydrogens is 322 g/mol. The summed E-state index contributed by atoms with van der Waals surface area (Å²) in [5.74, 6) is 0.754. The van der Waals surface area contributed by atoms with Crippen LogP contribution in [0.5, 0.6) is 11.5 Å². The molecule has 0 saturated heterocycles. The molecule has 0 bridgehead atoms. The molecule has 25 heavy (non-hydrogen) atoms. The monoisotopic (exact) mass is 339 g/mol. The quantitative estimate of drug-likeness (QED) is 0.773. The fourth-order valence-corrected chi connectivity index (χ4v) is 2.44. The predicted molar refractivity (Wildman–Crippen MR) is 94.0 cm³/mol. The average Bonchev–Trinajstić information content (AvgIpc) is 2.66. The summed E-state index contributed by atoms with van der Waals surface area (Å²) in [6, 6.07) is 13.9. The highest BCUT2D eigenvalue weighted by atomic mass is 16.5. The second kappa shape index (κ2) is 7.09.